The normalized spacial score (nSPS) is 28.2. The maximum Gasteiger partial charge on any atom is 0.328 e. The first-order chi connectivity index (χ1) is 13.1. The zero-order valence-electron chi connectivity index (χ0n) is 15.7. The Hall–Kier alpha value is -2.49. The van der Waals surface area contributed by atoms with Gasteiger partial charge in [-0.2, -0.15) is 0 Å². The van der Waals surface area contributed by atoms with E-state index in [0.29, 0.717) is 12.0 Å². The van der Waals surface area contributed by atoms with Crippen molar-refractivity contribution in [3.8, 4) is 0 Å². The second kappa shape index (κ2) is 6.84. The van der Waals surface area contributed by atoms with Crippen molar-refractivity contribution < 1.29 is 32.6 Å². The number of carboxylic acids is 1. The molecule has 9 nitrogen and oxygen atoms in total. The molecule has 1 aromatic heterocycles. The van der Waals surface area contributed by atoms with Crippen LogP contribution < -0.4 is 0 Å². The van der Waals surface area contributed by atoms with Crippen LogP contribution in [0.25, 0.3) is 0 Å². The van der Waals surface area contributed by atoms with E-state index in [1.807, 2.05) is 0 Å². The molecule has 152 valence electrons. The van der Waals surface area contributed by atoms with Gasteiger partial charge in [0, 0.05) is 18.8 Å². The maximum absolute atomic E-state index is 13.1. The fourth-order valence-electron chi connectivity index (χ4n) is 3.93. The van der Waals surface area contributed by atoms with Crippen molar-refractivity contribution in [3.05, 3.63) is 30.1 Å². The molecule has 0 aliphatic carbocycles. The quantitative estimate of drug-likeness (QED) is 0.541. The van der Waals surface area contributed by atoms with Gasteiger partial charge in [-0.1, -0.05) is 6.92 Å². The van der Waals surface area contributed by atoms with Gasteiger partial charge >= 0.3 is 11.9 Å². The van der Waals surface area contributed by atoms with Crippen LogP contribution >= 0.6 is 0 Å². The van der Waals surface area contributed by atoms with Gasteiger partial charge in [0.05, 0.1) is 4.75 Å². The topological polar surface area (TPSA) is 131 Å². The first-order valence-corrected chi connectivity index (χ1v) is 10.5. The SMILES string of the molecule is CCCC(=O)O[C@H](c1ccncc1)[C@@H]1C(=O)N2[C@@H](C(=O)O)C(C)(C)S(=O)(=O)[C@H]12. The summed E-state index contributed by atoms with van der Waals surface area (Å²) in [5.41, 5.74) is 0.434. The van der Waals surface area contributed by atoms with Crippen LogP contribution in [-0.2, 0) is 29.0 Å². The summed E-state index contributed by atoms with van der Waals surface area (Å²) in [6, 6.07) is 1.60. The molecule has 0 saturated carbocycles. The molecule has 3 rings (SSSR count). The molecule has 0 bridgehead atoms. The van der Waals surface area contributed by atoms with E-state index in [-0.39, 0.29) is 6.42 Å². The predicted octanol–water partition coefficient (Wildman–Crippen LogP) is 0.911. The summed E-state index contributed by atoms with van der Waals surface area (Å²) in [6.45, 7) is 4.39. The molecule has 1 aromatic rings. The van der Waals surface area contributed by atoms with Gasteiger partial charge in [-0.25, -0.2) is 13.2 Å². The van der Waals surface area contributed by atoms with Gasteiger partial charge in [0.1, 0.15) is 18.1 Å². The number of β-lactam (4-membered cyclic amide) rings is 1. The first kappa shape index (κ1) is 20.2. The van der Waals surface area contributed by atoms with E-state index in [0.717, 1.165) is 4.90 Å². The first-order valence-electron chi connectivity index (χ1n) is 8.93. The molecule has 2 saturated heterocycles. The fourth-order valence-corrected chi connectivity index (χ4v) is 6.25. The number of pyridine rings is 1. The molecule has 2 aliphatic heterocycles. The standard InChI is InChI=1S/C18H22N2O7S/c1-4-5-11(21)27-13(10-6-8-19-9-7-10)12-15(22)20-14(17(23)24)18(2,3)28(25,26)16(12)20/h6-9,12-14,16H,4-5H2,1-3H3,(H,23,24)/t12-,13-,14+,16-/m1/s1. The molecular formula is C18H22N2O7S. The maximum atomic E-state index is 13.1. The third-order valence-electron chi connectivity index (χ3n) is 5.42. The number of ether oxygens (including phenoxy) is 1. The molecule has 0 aromatic carbocycles. The van der Waals surface area contributed by atoms with Crippen molar-refractivity contribution in [3.63, 3.8) is 0 Å². The minimum Gasteiger partial charge on any atom is -0.480 e. The van der Waals surface area contributed by atoms with Crippen LogP contribution in [0.1, 0.15) is 45.3 Å². The Morgan fingerprint density at radius 2 is 1.93 bits per heavy atom. The van der Waals surface area contributed by atoms with Gasteiger partial charge in [0.15, 0.2) is 15.2 Å². The lowest BCUT2D eigenvalue weighted by molar-refractivity contribution is -0.176. The molecule has 1 N–H and O–H groups in total. The zero-order valence-corrected chi connectivity index (χ0v) is 16.5. The molecule has 0 radical (unpaired) electrons. The van der Waals surface area contributed by atoms with Gasteiger partial charge in [-0.05, 0) is 38.0 Å². The summed E-state index contributed by atoms with van der Waals surface area (Å²) in [7, 11) is -4.03. The Morgan fingerprint density at radius 1 is 1.32 bits per heavy atom. The highest BCUT2D eigenvalue weighted by Crippen LogP contribution is 2.52. The number of rotatable bonds is 6. The number of aliphatic carboxylic acids is 1. The predicted molar refractivity (Wildman–Crippen MR) is 96.5 cm³/mol. The van der Waals surface area contributed by atoms with Crippen molar-refractivity contribution in [2.24, 2.45) is 5.92 Å². The van der Waals surface area contributed by atoms with Crippen LogP contribution in [-0.4, -0.2) is 57.4 Å². The van der Waals surface area contributed by atoms with E-state index in [4.69, 9.17) is 4.74 Å². The van der Waals surface area contributed by atoms with Crippen LogP contribution in [0.15, 0.2) is 24.5 Å². The Balaban J connectivity index is 2.04. The Morgan fingerprint density at radius 3 is 2.46 bits per heavy atom. The lowest BCUT2D eigenvalue weighted by atomic mass is 9.85. The monoisotopic (exact) mass is 410 g/mol. The van der Waals surface area contributed by atoms with Gasteiger partial charge in [-0.15, -0.1) is 0 Å². The second-order valence-corrected chi connectivity index (χ2v) is 10.1. The molecule has 2 aliphatic rings. The van der Waals surface area contributed by atoms with Crippen LogP contribution in [0, 0.1) is 5.92 Å². The summed E-state index contributed by atoms with van der Waals surface area (Å²) in [5.74, 6) is -3.79. The molecule has 3 heterocycles. The van der Waals surface area contributed by atoms with E-state index < -0.39 is 55.9 Å². The number of carbonyl (C=O) groups excluding carboxylic acids is 2. The number of nitrogens with zero attached hydrogens (tertiary/aromatic N) is 2. The average molecular weight is 410 g/mol. The molecular weight excluding hydrogens is 388 g/mol. The minimum absolute atomic E-state index is 0.118. The summed E-state index contributed by atoms with van der Waals surface area (Å²) < 4.78 is 30.0. The number of carboxylic acid groups (broad SMARTS) is 1. The number of carbonyl (C=O) groups is 3. The molecule has 28 heavy (non-hydrogen) atoms. The number of amides is 1. The second-order valence-electron chi connectivity index (χ2n) is 7.49. The lowest BCUT2D eigenvalue weighted by Crippen LogP contribution is -2.65. The average Bonchev–Trinajstić information content (AvgIpc) is 2.76. The Kier molecular flexibility index (Phi) is 4.95. The molecule has 1 amide bonds. The molecule has 2 fully saturated rings. The molecule has 0 unspecified atom stereocenters. The number of sulfone groups is 1. The molecule has 4 atom stereocenters. The highest BCUT2D eigenvalue weighted by atomic mass is 32.2. The van der Waals surface area contributed by atoms with Crippen molar-refractivity contribution in [1.29, 1.82) is 0 Å². The van der Waals surface area contributed by atoms with Gasteiger partial charge in [-0.3, -0.25) is 14.6 Å². The number of fused-ring (bicyclic) bond motifs is 1. The lowest BCUT2D eigenvalue weighted by Gasteiger charge is -2.45. The molecule has 10 heteroatoms. The smallest absolute Gasteiger partial charge is 0.328 e. The highest BCUT2D eigenvalue weighted by molar-refractivity contribution is 7.93. The van der Waals surface area contributed by atoms with E-state index >= 15 is 0 Å². The fraction of sp³-hybridized carbons (Fsp3) is 0.556. The Labute approximate surface area is 162 Å². The Bertz CT molecular complexity index is 913. The van der Waals surface area contributed by atoms with Crippen LogP contribution in [0.5, 0.6) is 0 Å². The number of hydrogen-bond donors (Lipinski definition) is 1. The zero-order chi connectivity index (χ0) is 20.9. The van der Waals surface area contributed by atoms with Gasteiger partial charge in [0.2, 0.25) is 5.91 Å². The summed E-state index contributed by atoms with van der Waals surface area (Å²) in [6.07, 6.45) is 2.41. The van der Waals surface area contributed by atoms with E-state index in [1.54, 1.807) is 19.1 Å². The van der Waals surface area contributed by atoms with Crippen molar-refractivity contribution >= 4 is 27.7 Å². The van der Waals surface area contributed by atoms with Crippen molar-refractivity contribution in [2.45, 2.75) is 55.9 Å². The van der Waals surface area contributed by atoms with Crippen LogP contribution in [0.2, 0.25) is 0 Å². The highest BCUT2D eigenvalue weighted by Gasteiger charge is 2.73. The van der Waals surface area contributed by atoms with Gasteiger partial charge in [0.25, 0.3) is 0 Å². The summed E-state index contributed by atoms with van der Waals surface area (Å²) in [4.78, 5) is 41.5. The molecule has 0 spiro atoms. The van der Waals surface area contributed by atoms with Crippen molar-refractivity contribution in [2.75, 3.05) is 0 Å². The third kappa shape index (κ3) is 2.78. The number of hydrogen-bond acceptors (Lipinski definition) is 7. The van der Waals surface area contributed by atoms with Crippen LogP contribution in [0.4, 0.5) is 0 Å². The van der Waals surface area contributed by atoms with E-state index in [9.17, 15) is 27.9 Å². The number of esters is 1. The van der Waals surface area contributed by atoms with E-state index in [2.05, 4.69) is 4.98 Å². The van der Waals surface area contributed by atoms with Crippen molar-refractivity contribution in [1.82, 2.24) is 9.88 Å². The van der Waals surface area contributed by atoms with Gasteiger partial charge < -0.3 is 14.7 Å². The minimum atomic E-state index is -4.03. The summed E-state index contributed by atoms with van der Waals surface area (Å²) in [5, 5.41) is 8.17. The van der Waals surface area contributed by atoms with E-state index in [1.165, 1.54) is 26.2 Å². The van der Waals surface area contributed by atoms with Crippen LogP contribution in [0.3, 0.4) is 0 Å². The summed E-state index contributed by atoms with van der Waals surface area (Å²) >= 11 is 0. The number of aromatic nitrogens is 1. The largest absolute Gasteiger partial charge is 0.480 e. The third-order valence-corrected chi connectivity index (χ3v) is 8.26.